The van der Waals surface area contributed by atoms with Crippen LogP contribution >= 0.6 is 0 Å². The maximum Gasteiger partial charge on any atom is 0.126 e. The van der Waals surface area contributed by atoms with E-state index >= 15 is 0 Å². The molecule has 0 aliphatic carbocycles. The molecule has 0 saturated carbocycles. The lowest BCUT2D eigenvalue weighted by Gasteiger charge is -2.22. The second-order valence-electron chi connectivity index (χ2n) is 4.11. The van der Waals surface area contributed by atoms with Gasteiger partial charge in [-0.3, -0.25) is 0 Å². The minimum Gasteiger partial charge on any atom is -0.373 e. The van der Waals surface area contributed by atoms with Gasteiger partial charge in [-0.15, -0.1) is 0 Å². The quantitative estimate of drug-likeness (QED) is 0.871. The van der Waals surface area contributed by atoms with Gasteiger partial charge in [0.2, 0.25) is 0 Å². The topological polar surface area (TPSA) is 28.2 Å². The molecular formula is C15H19N3. The normalized spacial score (nSPS) is 10.1. The number of rotatable bonds is 5. The van der Waals surface area contributed by atoms with E-state index in [-0.39, 0.29) is 0 Å². The third kappa shape index (κ3) is 3.00. The Morgan fingerprint density at radius 1 is 1.06 bits per heavy atom. The summed E-state index contributed by atoms with van der Waals surface area (Å²) in [7, 11) is 1.89. The van der Waals surface area contributed by atoms with Crippen molar-refractivity contribution in [1.82, 2.24) is 4.98 Å². The van der Waals surface area contributed by atoms with Gasteiger partial charge >= 0.3 is 0 Å². The van der Waals surface area contributed by atoms with Gasteiger partial charge in [0.05, 0.1) is 12.2 Å². The van der Waals surface area contributed by atoms with Crippen molar-refractivity contribution in [1.29, 1.82) is 0 Å². The van der Waals surface area contributed by atoms with Crippen LogP contribution in [0.1, 0.15) is 12.6 Å². The smallest absolute Gasteiger partial charge is 0.126 e. The minimum absolute atomic E-state index is 0.829. The van der Waals surface area contributed by atoms with Gasteiger partial charge < -0.3 is 10.2 Å². The van der Waals surface area contributed by atoms with E-state index in [9.17, 15) is 0 Å². The molecule has 0 atom stereocenters. The fourth-order valence-electron chi connectivity index (χ4n) is 1.93. The SMILES string of the molecule is CCN(Cc1cccc(NC)n1)c1ccccc1. The van der Waals surface area contributed by atoms with Crippen LogP contribution in [0, 0.1) is 0 Å². The zero-order valence-corrected chi connectivity index (χ0v) is 10.9. The van der Waals surface area contributed by atoms with E-state index in [4.69, 9.17) is 0 Å². The number of para-hydroxylation sites is 1. The molecule has 3 nitrogen and oxygen atoms in total. The molecule has 2 rings (SSSR count). The summed E-state index contributed by atoms with van der Waals surface area (Å²) in [5.74, 6) is 0.914. The van der Waals surface area contributed by atoms with E-state index in [1.54, 1.807) is 0 Å². The number of nitrogens with zero attached hydrogens (tertiary/aromatic N) is 2. The highest BCUT2D eigenvalue weighted by Crippen LogP contribution is 2.16. The van der Waals surface area contributed by atoms with Crippen molar-refractivity contribution in [3.63, 3.8) is 0 Å². The van der Waals surface area contributed by atoms with Crippen molar-refractivity contribution in [2.75, 3.05) is 23.8 Å². The van der Waals surface area contributed by atoms with Crippen LogP contribution in [0.5, 0.6) is 0 Å². The Balaban J connectivity index is 2.15. The zero-order valence-electron chi connectivity index (χ0n) is 10.9. The molecule has 1 aromatic carbocycles. The van der Waals surface area contributed by atoms with Crippen molar-refractivity contribution >= 4 is 11.5 Å². The van der Waals surface area contributed by atoms with E-state index in [0.717, 1.165) is 24.6 Å². The second-order valence-corrected chi connectivity index (χ2v) is 4.11. The lowest BCUT2D eigenvalue weighted by molar-refractivity contribution is 0.810. The Hall–Kier alpha value is -2.03. The van der Waals surface area contributed by atoms with Gasteiger partial charge in [-0.1, -0.05) is 24.3 Å². The van der Waals surface area contributed by atoms with Crippen LogP contribution in [0.3, 0.4) is 0 Å². The van der Waals surface area contributed by atoms with Crippen LogP contribution in [0.2, 0.25) is 0 Å². The zero-order chi connectivity index (χ0) is 12.8. The van der Waals surface area contributed by atoms with E-state index in [1.165, 1.54) is 5.69 Å². The highest BCUT2D eigenvalue weighted by Gasteiger charge is 2.05. The predicted molar refractivity (Wildman–Crippen MR) is 76.9 cm³/mol. The summed E-state index contributed by atoms with van der Waals surface area (Å²) in [6, 6.07) is 16.5. The van der Waals surface area contributed by atoms with E-state index in [2.05, 4.69) is 52.5 Å². The Bertz CT molecular complexity index is 482. The highest BCUT2D eigenvalue weighted by molar-refractivity contribution is 5.46. The Labute approximate surface area is 108 Å². The van der Waals surface area contributed by atoms with E-state index in [1.807, 2.05) is 25.2 Å². The molecule has 0 saturated heterocycles. The average molecular weight is 241 g/mol. The largest absolute Gasteiger partial charge is 0.373 e. The molecule has 0 aliphatic heterocycles. The molecule has 1 heterocycles. The number of pyridine rings is 1. The summed E-state index contributed by atoms with van der Waals surface area (Å²) in [6.07, 6.45) is 0. The average Bonchev–Trinajstić information content (AvgIpc) is 2.46. The molecule has 2 aromatic rings. The fourth-order valence-corrected chi connectivity index (χ4v) is 1.93. The van der Waals surface area contributed by atoms with Crippen molar-refractivity contribution in [3.8, 4) is 0 Å². The summed E-state index contributed by atoms with van der Waals surface area (Å²) in [4.78, 5) is 6.86. The third-order valence-electron chi connectivity index (χ3n) is 2.92. The van der Waals surface area contributed by atoms with Crippen molar-refractivity contribution < 1.29 is 0 Å². The van der Waals surface area contributed by atoms with Crippen LogP contribution in [0.4, 0.5) is 11.5 Å². The van der Waals surface area contributed by atoms with Crippen LogP contribution in [-0.4, -0.2) is 18.6 Å². The molecule has 0 aliphatic rings. The summed E-state index contributed by atoms with van der Waals surface area (Å²) in [5.41, 5.74) is 2.31. The Morgan fingerprint density at radius 3 is 2.50 bits per heavy atom. The van der Waals surface area contributed by atoms with Gasteiger partial charge in [0.1, 0.15) is 5.82 Å². The Morgan fingerprint density at radius 2 is 1.83 bits per heavy atom. The molecule has 1 N–H and O–H groups in total. The van der Waals surface area contributed by atoms with E-state index < -0.39 is 0 Å². The van der Waals surface area contributed by atoms with Crippen LogP contribution < -0.4 is 10.2 Å². The van der Waals surface area contributed by atoms with Crippen LogP contribution in [0.15, 0.2) is 48.5 Å². The van der Waals surface area contributed by atoms with Gasteiger partial charge in [0.15, 0.2) is 0 Å². The molecule has 0 fully saturated rings. The van der Waals surface area contributed by atoms with Crippen molar-refractivity contribution in [3.05, 3.63) is 54.2 Å². The van der Waals surface area contributed by atoms with Crippen molar-refractivity contribution in [2.24, 2.45) is 0 Å². The molecule has 0 unspecified atom stereocenters. The molecule has 0 spiro atoms. The molecular weight excluding hydrogens is 222 g/mol. The Kier molecular flexibility index (Phi) is 4.18. The number of hydrogen-bond acceptors (Lipinski definition) is 3. The van der Waals surface area contributed by atoms with Gasteiger partial charge in [-0.25, -0.2) is 4.98 Å². The molecule has 18 heavy (non-hydrogen) atoms. The number of aromatic nitrogens is 1. The first-order chi connectivity index (χ1) is 8.83. The summed E-state index contributed by atoms with van der Waals surface area (Å²) in [6.45, 7) is 3.96. The fraction of sp³-hybridized carbons (Fsp3) is 0.267. The second kappa shape index (κ2) is 6.05. The monoisotopic (exact) mass is 241 g/mol. The lowest BCUT2D eigenvalue weighted by Crippen LogP contribution is -2.22. The molecule has 0 radical (unpaired) electrons. The lowest BCUT2D eigenvalue weighted by atomic mass is 10.2. The number of nitrogens with one attached hydrogen (secondary N) is 1. The van der Waals surface area contributed by atoms with Crippen molar-refractivity contribution in [2.45, 2.75) is 13.5 Å². The minimum atomic E-state index is 0.829. The van der Waals surface area contributed by atoms with Crippen LogP contribution in [0.25, 0.3) is 0 Å². The molecule has 94 valence electrons. The van der Waals surface area contributed by atoms with Gasteiger partial charge in [0, 0.05) is 19.3 Å². The van der Waals surface area contributed by atoms with E-state index in [0.29, 0.717) is 0 Å². The first kappa shape index (κ1) is 12.4. The maximum absolute atomic E-state index is 4.55. The number of anilines is 2. The van der Waals surface area contributed by atoms with Gasteiger partial charge in [0.25, 0.3) is 0 Å². The van der Waals surface area contributed by atoms with Gasteiger partial charge in [-0.2, -0.15) is 0 Å². The third-order valence-corrected chi connectivity index (χ3v) is 2.92. The van der Waals surface area contributed by atoms with Crippen LogP contribution in [-0.2, 0) is 6.54 Å². The standard InChI is InChI=1S/C15H19N3/c1-3-18(14-9-5-4-6-10-14)12-13-8-7-11-15(16-2)17-13/h4-11H,3,12H2,1-2H3,(H,16,17). The predicted octanol–water partition coefficient (Wildman–Crippen LogP) is 3.15. The highest BCUT2D eigenvalue weighted by atomic mass is 15.1. The first-order valence-electron chi connectivity index (χ1n) is 6.27. The molecule has 3 heteroatoms. The number of hydrogen-bond donors (Lipinski definition) is 1. The molecule has 1 aromatic heterocycles. The van der Waals surface area contributed by atoms with Gasteiger partial charge in [-0.05, 0) is 31.2 Å². The first-order valence-corrected chi connectivity index (χ1v) is 6.27. The maximum atomic E-state index is 4.55. The summed E-state index contributed by atoms with van der Waals surface area (Å²) < 4.78 is 0. The molecule has 0 bridgehead atoms. The molecule has 0 amide bonds. The summed E-state index contributed by atoms with van der Waals surface area (Å²) in [5, 5.41) is 3.07. The summed E-state index contributed by atoms with van der Waals surface area (Å²) >= 11 is 0. The number of benzene rings is 1.